The lowest BCUT2D eigenvalue weighted by Crippen LogP contribution is -2.51. The van der Waals surface area contributed by atoms with Crippen LogP contribution in [0.2, 0.25) is 0 Å². The standard InChI is InChI=1S/C39H49N5O5S5/c1-28(53(5,45)46)20-22-43-32-10-6-8-12-34(32)51-36(43)18-16-30-14-15-31(38(30)41-24-26-42(27-25-41)39(50)40(3)4)17-19-37-44(23-21-29(2)54(47,48)49)33-11-7-9-13-35(33)52-37/h6-13,16-19,28-29H,5,14-15,20-27H2,1-4H3,(H-,45,46,47,48,49). The number of rotatable bonds is 12. The predicted molar refractivity (Wildman–Crippen MR) is 228 cm³/mol. The van der Waals surface area contributed by atoms with Crippen LogP contribution in [0.3, 0.4) is 0 Å². The van der Waals surface area contributed by atoms with Crippen LogP contribution in [0.25, 0.3) is 16.3 Å². The zero-order valence-electron chi connectivity index (χ0n) is 31.2. The first-order valence-corrected chi connectivity index (χ1v) is 23.4. The Morgan fingerprint density at radius 1 is 1.00 bits per heavy atom. The number of thioether (sulfide) groups is 1. The van der Waals surface area contributed by atoms with Crippen LogP contribution in [0.4, 0.5) is 5.69 Å². The third-order valence-electron chi connectivity index (χ3n) is 10.3. The Bertz CT molecular complexity index is 2230. The number of hydrogen-bond donors (Lipinski definition) is 1. The fraction of sp³-hybridized carbons (Fsp3) is 0.410. The van der Waals surface area contributed by atoms with E-state index >= 15 is 0 Å². The maximum Gasteiger partial charge on any atom is 0.267 e. The molecule has 6 rings (SSSR count). The van der Waals surface area contributed by atoms with Gasteiger partial charge in [0.1, 0.15) is 4.70 Å². The summed E-state index contributed by atoms with van der Waals surface area (Å²) in [5.74, 6) is 3.39. The van der Waals surface area contributed by atoms with Gasteiger partial charge in [0.25, 0.3) is 15.1 Å². The summed E-state index contributed by atoms with van der Waals surface area (Å²) >= 11 is 9.08. The molecule has 3 unspecified atom stereocenters. The minimum atomic E-state index is -4.13. The molecule has 3 aliphatic rings. The summed E-state index contributed by atoms with van der Waals surface area (Å²) in [6.45, 7) is 7.58. The van der Waals surface area contributed by atoms with Gasteiger partial charge in [0, 0.05) is 81.2 Å². The zero-order valence-corrected chi connectivity index (χ0v) is 35.3. The van der Waals surface area contributed by atoms with Crippen molar-refractivity contribution in [3.8, 4) is 0 Å². The number of allylic oxidation sites excluding steroid dienone is 5. The minimum absolute atomic E-state index is 0.294. The number of benzene rings is 2. The third-order valence-corrected chi connectivity index (χ3v) is 15.9. The van der Waals surface area contributed by atoms with E-state index in [-0.39, 0.29) is 0 Å². The molecule has 290 valence electrons. The molecule has 54 heavy (non-hydrogen) atoms. The summed E-state index contributed by atoms with van der Waals surface area (Å²) in [7, 11) is -3.55. The molecule has 1 N–H and O–H groups in total. The molecule has 2 aliphatic heterocycles. The van der Waals surface area contributed by atoms with Gasteiger partial charge in [0.15, 0.2) is 11.7 Å². The predicted octanol–water partition coefficient (Wildman–Crippen LogP) is 6.39. The molecule has 3 aromatic rings. The van der Waals surface area contributed by atoms with Gasteiger partial charge in [0.05, 0.1) is 16.0 Å². The van der Waals surface area contributed by atoms with Crippen LogP contribution in [-0.2, 0) is 26.5 Å². The van der Waals surface area contributed by atoms with Gasteiger partial charge in [0.2, 0.25) is 5.52 Å². The van der Waals surface area contributed by atoms with Gasteiger partial charge < -0.3 is 24.2 Å². The average Bonchev–Trinajstić information content (AvgIpc) is 3.82. The highest BCUT2D eigenvalue weighted by atomic mass is 32.2. The Morgan fingerprint density at radius 2 is 1.70 bits per heavy atom. The van der Waals surface area contributed by atoms with E-state index in [1.807, 2.05) is 43.3 Å². The van der Waals surface area contributed by atoms with E-state index in [4.69, 9.17) is 12.2 Å². The van der Waals surface area contributed by atoms with Gasteiger partial charge in [-0.2, -0.15) is 13.0 Å². The smallest absolute Gasteiger partial charge is 0.267 e. The molecular weight excluding hydrogens is 779 g/mol. The van der Waals surface area contributed by atoms with Gasteiger partial charge in [-0.3, -0.25) is 8.76 Å². The SMILES string of the molecule is C=S(=O)([O-])C(C)CC[n+]1c(/C=C/C2=C(N3CCN(C(=S)N(C)C)CC3)C(=C/C=C3\Sc4ccccc4N3CCC(C)S(=O)(=O)O)/CC2)sc2ccccc21. The Balaban J connectivity index is 1.34. The number of thiazole rings is 1. The molecule has 2 aromatic carbocycles. The normalized spacial score (nSPS) is 20.4. The number of fused-ring (bicyclic) bond motifs is 2. The second kappa shape index (κ2) is 16.9. The summed E-state index contributed by atoms with van der Waals surface area (Å²) in [6.07, 6.45) is 11.3. The van der Waals surface area contributed by atoms with Crippen molar-refractivity contribution in [1.82, 2.24) is 14.7 Å². The number of para-hydroxylation sites is 2. The van der Waals surface area contributed by atoms with E-state index in [1.54, 1.807) is 36.9 Å². The van der Waals surface area contributed by atoms with Gasteiger partial charge in [-0.1, -0.05) is 76.0 Å². The molecule has 1 aromatic heterocycles. The maximum atomic E-state index is 12.2. The number of anilines is 1. The highest BCUT2D eigenvalue weighted by Crippen LogP contribution is 2.46. The lowest BCUT2D eigenvalue weighted by Gasteiger charge is -2.40. The molecular formula is C39H49N5O5S5. The van der Waals surface area contributed by atoms with Crippen molar-refractivity contribution >= 4 is 88.2 Å². The second-order valence-electron chi connectivity index (χ2n) is 14.2. The molecule has 0 bridgehead atoms. The van der Waals surface area contributed by atoms with Gasteiger partial charge in [-0.05, 0) is 79.9 Å². The van der Waals surface area contributed by atoms with Crippen LogP contribution in [0.15, 0.2) is 93.5 Å². The highest BCUT2D eigenvalue weighted by molar-refractivity contribution is 8.03. The molecule has 1 fully saturated rings. The molecule has 15 heteroatoms. The van der Waals surface area contributed by atoms with Crippen molar-refractivity contribution in [1.29, 1.82) is 0 Å². The number of nitrogens with zero attached hydrogens (tertiary/aromatic N) is 5. The number of hydrogen-bond acceptors (Lipinski definition) is 9. The van der Waals surface area contributed by atoms with Crippen LogP contribution in [0.5, 0.6) is 0 Å². The van der Waals surface area contributed by atoms with E-state index in [2.05, 4.69) is 73.7 Å². The molecule has 0 amide bonds. The number of aromatic nitrogens is 1. The number of aryl methyl sites for hydroxylation is 1. The van der Waals surface area contributed by atoms with Crippen molar-refractivity contribution in [3.63, 3.8) is 0 Å². The van der Waals surface area contributed by atoms with E-state index in [9.17, 15) is 21.7 Å². The average molecular weight is 828 g/mol. The Kier molecular flexibility index (Phi) is 12.7. The molecule has 10 nitrogen and oxygen atoms in total. The molecule has 3 heterocycles. The fourth-order valence-corrected chi connectivity index (χ4v) is 10.2. The largest absolute Gasteiger partial charge is 0.778 e. The molecule has 0 spiro atoms. The van der Waals surface area contributed by atoms with Crippen LogP contribution in [0, 0.1) is 0 Å². The highest BCUT2D eigenvalue weighted by Gasteiger charge is 2.30. The van der Waals surface area contributed by atoms with Crippen molar-refractivity contribution < 1.29 is 26.3 Å². The van der Waals surface area contributed by atoms with Crippen LogP contribution >= 0.6 is 35.3 Å². The first-order valence-electron chi connectivity index (χ1n) is 18.1. The molecule has 3 atom stereocenters. The lowest BCUT2D eigenvalue weighted by atomic mass is 10.1. The topological polar surface area (TPSA) is 111 Å². The summed E-state index contributed by atoms with van der Waals surface area (Å²) < 4.78 is 61.0. The van der Waals surface area contributed by atoms with Gasteiger partial charge in [-0.25, -0.2) is 0 Å². The van der Waals surface area contributed by atoms with E-state index in [1.165, 1.54) is 16.8 Å². The Hall–Kier alpha value is -3.18. The van der Waals surface area contributed by atoms with E-state index in [0.29, 0.717) is 25.9 Å². The first kappa shape index (κ1) is 40.5. The quantitative estimate of drug-likeness (QED) is 0.125. The third kappa shape index (κ3) is 9.26. The maximum absolute atomic E-state index is 12.2. The lowest BCUT2D eigenvalue weighted by molar-refractivity contribution is -0.669. The molecule has 1 aliphatic carbocycles. The molecule has 0 radical (unpaired) electrons. The second-order valence-corrected chi connectivity index (χ2v) is 20.7. The monoisotopic (exact) mass is 827 g/mol. The Morgan fingerprint density at radius 3 is 2.41 bits per heavy atom. The van der Waals surface area contributed by atoms with E-state index in [0.717, 1.165) is 75.0 Å². The van der Waals surface area contributed by atoms with Crippen LogP contribution in [-0.4, -0.2) is 105 Å². The number of thiocarbonyl (C=S) groups is 1. The van der Waals surface area contributed by atoms with Crippen molar-refractivity contribution in [2.45, 2.75) is 61.5 Å². The van der Waals surface area contributed by atoms with Gasteiger partial charge in [-0.15, -0.1) is 0 Å². The fourth-order valence-electron chi connectivity index (χ4n) is 6.96. The number of piperazine rings is 1. The molecule has 1 saturated heterocycles. The minimum Gasteiger partial charge on any atom is -0.778 e. The first-order chi connectivity index (χ1) is 25.6. The molecule has 0 saturated carbocycles. The van der Waals surface area contributed by atoms with Crippen molar-refractivity contribution in [2.75, 3.05) is 51.7 Å². The van der Waals surface area contributed by atoms with Crippen molar-refractivity contribution in [3.05, 3.63) is 93.6 Å². The van der Waals surface area contributed by atoms with Gasteiger partial charge >= 0.3 is 0 Å². The summed E-state index contributed by atoms with van der Waals surface area (Å²) in [4.78, 5) is 9.98. The summed E-state index contributed by atoms with van der Waals surface area (Å²) in [5.41, 5.74) is 5.85. The van der Waals surface area contributed by atoms with Crippen LogP contribution in [0.1, 0.15) is 44.5 Å². The Labute approximate surface area is 334 Å². The summed E-state index contributed by atoms with van der Waals surface area (Å²) in [5, 5.41) is 1.51. The van der Waals surface area contributed by atoms with Crippen LogP contribution < -0.4 is 9.47 Å². The zero-order chi connectivity index (χ0) is 38.8. The van der Waals surface area contributed by atoms with Crippen molar-refractivity contribution in [2.24, 2.45) is 0 Å². The summed E-state index contributed by atoms with van der Waals surface area (Å²) in [6, 6.07) is 16.4. The van der Waals surface area contributed by atoms with E-state index < -0.39 is 30.4 Å².